The average Bonchev–Trinajstić information content (AvgIpc) is 3.04. The van der Waals surface area contributed by atoms with Crippen LogP contribution in [-0.2, 0) is 14.6 Å². The zero-order valence-corrected chi connectivity index (χ0v) is 25.0. The number of hydrogen-bond donors (Lipinski definition) is 0. The number of hydrogen-bond acceptors (Lipinski definition) is 4. The van der Waals surface area contributed by atoms with Gasteiger partial charge in [-0.05, 0) is 110 Å². The molecule has 6 heteroatoms. The zero-order chi connectivity index (χ0) is 23.3. The molecular formula is C27H47NaO4S. The maximum absolute atomic E-state index is 11.1. The van der Waals surface area contributed by atoms with Gasteiger partial charge in [-0.15, -0.1) is 0 Å². The van der Waals surface area contributed by atoms with Crippen molar-refractivity contribution in [2.45, 2.75) is 118 Å². The molecule has 4 rings (SSSR count). The van der Waals surface area contributed by atoms with Gasteiger partial charge in [0.2, 0.25) is 10.4 Å². The molecule has 4 nitrogen and oxygen atoms in total. The van der Waals surface area contributed by atoms with Gasteiger partial charge in [0.1, 0.15) is 0 Å². The molecule has 0 heterocycles. The van der Waals surface area contributed by atoms with Crippen molar-refractivity contribution in [1.82, 2.24) is 0 Å². The van der Waals surface area contributed by atoms with Gasteiger partial charge in [0.05, 0.1) is 6.10 Å². The van der Waals surface area contributed by atoms with E-state index in [9.17, 15) is 13.0 Å². The Morgan fingerprint density at radius 1 is 0.909 bits per heavy atom. The molecule has 0 N–H and O–H groups in total. The molecule has 0 aliphatic heterocycles. The molecule has 186 valence electrons. The first kappa shape index (κ1) is 28.4. The molecular weight excluding hydrogens is 443 g/mol. The van der Waals surface area contributed by atoms with Gasteiger partial charge in [-0.1, -0.05) is 53.9 Å². The van der Waals surface area contributed by atoms with E-state index in [2.05, 4.69) is 34.6 Å². The van der Waals surface area contributed by atoms with Gasteiger partial charge in [-0.2, -0.15) is 0 Å². The monoisotopic (exact) mass is 490 g/mol. The van der Waals surface area contributed by atoms with Crippen molar-refractivity contribution < 1.29 is 46.7 Å². The van der Waals surface area contributed by atoms with E-state index in [0.717, 1.165) is 54.8 Å². The Kier molecular flexibility index (Phi) is 9.22. The minimum absolute atomic E-state index is 0. The summed E-state index contributed by atoms with van der Waals surface area (Å²) in [5.74, 6) is 5.51. The summed E-state index contributed by atoms with van der Waals surface area (Å²) in [6.45, 7) is 12.3. The molecule has 4 aliphatic carbocycles. The van der Waals surface area contributed by atoms with Crippen molar-refractivity contribution in [3.8, 4) is 0 Å². The summed E-state index contributed by atoms with van der Waals surface area (Å²) in [6.07, 6.45) is 14.2. The molecule has 4 aliphatic rings. The summed E-state index contributed by atoms with van der Waals surface area (Å²) < 4.78 is 38.3. The van der Waals surface area contributed by atoms with Crippen LogP contribution >= 0.6 is 0 Å². The third kappa shape index (κ3) is 5.74. The summed E-state index contributed by atoms with van der Waals surface area (Å²) in [5, 5.41) is 0. The van der Waals surface area contributed by atoms with Crippen LogP contribution in [0.5, 0.6) is 0 Å². The summed E-state index contributed by atoms with van der Waals surface area (Å²) in [5.41, 5.74) is 0.802. The predicted octanol–water partition coefficient (Wildman–Crippen LogP) is 3.96. The van der Waals surface area contributed by atoms with Gasteiger partial charge in [-0.25, -0.2) is 8.42 Å². The van der Waals surface area contributed by atoms with E-state index in [4.69, 9.17) is 4.18 Å². The second kappa shape index (κ2) is 10.7. The van der Waals surface area contributed by atoms with Gasteiger partial charge in [-0.3, -0.25) is 4.18 Å². The molecule has 0 amide bonds. The molecule has 4 saturated carbocycles. The molecule has 33 heavy (non-hydrogen) atoms. The summed E-state index contributed by atoms with van der Waals surface area (Å²) in [4.78, 5) is 0. The molecule has 9 atom stereocenters. The fraction of sp³-hybridized carbons (Fsp3) is 1.00. The first-order chi connectivity index (χ1) is 14.9. The van der Waals surface area contributed by atoms with Gasteiger partial charge >= 0.3 is 29.6 Å². The van der Waals surface area contributed by atoms with Crippen LogP contribution < -0.4 is 29.6 Å². The normalized spacial score (nSPS) is 43.8. The van der Waals surface area contributed by atoms with Crippen LogP contribution in [0.25, 0.3) is 0 Å². The zero-order valence-electron chi connectivity index (χ0n) is 22.1. The maximum atomic E-state index is 11.1. The maximum Gasteiger partial charge on any atom is 1.00 e. The fourth-order valence-electron chi connectivity index (χ4n) is 9.50. The Bertz CT molecular complexity index is 770. The van der Waals surface area contributed by atoms with Crippen LogP contribution in [0.4, 0.5) is 0 Å². The van der Waals surface area contributed by atoms with Crippen LogP contribution in [-0.4, -0.2) is 19.1 Å². The van der Waals surface area contributed by atoms with Crippen molar-refractivity contribution in [2.24, 2.45) is 52.3 Å². The van der Waals surface area contributed by atoms with E-state index in [1.807, 2.05) is 0 Å². The fourth-order valence-corrected chi connectivity index (χ4v) is 10.0. The first-order valence-corrected chi connectivity index (χ1v) is 14.9. The topological polar surface area (TPSA) is 66.4 Å². The van der Waals surface area contributed by atoms with Crippen LogP contribution in [0.15, 0.2) is 0 Å². The van der Waals surface area contributed by atoms with Gasteiger partial charge < -0.3 is 4.55 Å². The standard InChI is InChI=1S/C27H48O4S.Na/c1-18(2)7-6-8-19(3)23-11-12-24-22-10-9-20-17-21(31-32(28,29)30)13-15-26(20,4)25(22)14-16-27(23,24)5;/h18-25H,6-17H2,1-5H3,(H,28,29,30);/q;+1/p-1/t19-,20?,21?,22?,23-,24?,25?,26+,27-;/m1./s1. The molecule has 0 saturated heterocycles. The third-order valence-corrected chi connectivity index (χ3v) is 11.6. The van der Waals surface area contributed by atoms with E-state index in [0.29, 0.717) is 11.3 Å². The Labute approximate surface area is 226 Å². The smallest absolute Gasteiger partial charge is 0.726 e. The van der Waals surface area contributed by atoms with Crippen LogP contribution in [0.3, 0.4) is 0 Å². The molecule has 0 bridgehead atoms. The minimum Gasteiger partial charge on any atom is -0.726 e. The van der Waals surface area contributed by atoms with E-state index in [-0.39, 0.29) is 35.0 Å². The van der Waals surface area contributed by atoms with Gasteiger partial charge in [0, 0.05) is 0 Å². The Hall–Kier alpha value is 0.870. The van der Waals surface area contributed by atoms with E-state index >= 15 is 0 Å². The number of rotatable bonds is 7. The first-order valence-electron chi connectivity index (χ1n) is 13.6. The van der Waals surface area contributed by atoms with Crippen molar-refractivity contribution >= 4 is 10.4 Å². The Morgan fingerprint density at radius 2 is 1.58 bits per heavy atom. The second-order valence-electron chi connectivity index (χ2n) is 13.1. The quantitative estimate of drug-likeness (QED) is 0.308. The predicted molar refractivity (Wildman–Crippen MR) is 128 cm³/mol. The molecule has 5 unspecified atom stereocenters. The second-order valence-corrected chi connectivity index (χ2v) is 14.1. The number of fused-ring (bicyclic) bond motifs is 5. The summed E-state index contributed by atoms with van der Waals surface area (Å²) >= 11 is 0. The van der Waals surface area contributed by atoms with Crippen molar-refractivity contribution in [1.29, 1.82) is 0 Å². The Morgan fingerprint density at radius 3 is 2.24 bits per heavy atom. The molecule has 0 aromatic heterocycles. The molecule has 0 aromatic carbocycles. The molecule has 4 fully saturated rings. The molecule has 0 aromatic rings. The van der Waals surface area contributed by atoms with Crippen LogP contribution in [0.1, 0.15) is 112 Å². The SMILES string of the molecule is CC(C)CCC[C@@H](C)[C@H]1CCC2C3CCC4CC(OS(=O)(=O)[O-])CC[C@]4(C)C3CC[C@@]21C.[Na+]. The minimum atomic E-state index is -4.60. The molecule has 0 spiro atoms. The molecule has 0 radical (unpaired) electrons. The van der Waals surface area contributed by atoms with Crippen LogP contribution in [0.2, 0.25) is 0 Å². The van der Waals surface area contributed by atoms with E-state index < -0.39 is 16.5 Å². The van der Waals surface area contributed by atoms with E-state index in [1.165, 1.54) is 57.8 Å². The Balaban J connectivity index is 0.00000306. The summed E-state index contributed by atoms with van der Waals surface area (Å²) in [7, 11) is -4.60. The van der Waals surface area contributed by atoms with Gasteiger partial charge in [0.15, 0.2) is 0 Å². The largest absolute Gasteiger partial charge is 1.00 e. The van der Waals surface area contributed by atoms with Gasteiger partial charge in [0.25, 0.3) is 0 Å². The average molecular weight is 491 g/mol. The third-order valence-electron chi connectivity index (χ3n) is 11.1. The van der Waals surface area contributed by atoms with Crippen LogP contribution in [0, 0.1) is 52.3 Å². The van der Waals surface area contributed by atoms with Crippen molar-refractivity contribution in [3.05, 3.63) is 0 Å². The summed E-state index contributed by atoms with van der Waals surface area (Å²) in [6, 6.07) is 0. The van der Waals surface area contributed by atoms with Crippen molar-refractivity contribution in [3.63, 3.8) is 0 Å². The van der Waals surface area contributed by atoms with E-state index in [1.54, 1.807) is 0 Å². The van der Waals surface area contributed by atoms with Crippen molar-refractivity contribution in [2.75, 3.05) is 0 Å².